The molecule has 1 aromatic heterocycles. The lowest BCUT2D eigenvalue weighted by atomic mass is 9.96. The molecule has 0 fully saturated rings. The highest BCUT2D eigenvalue weighted by Gasteiger charge is 2.25. The van der Waals surface area contributed by atoms with Crippen LogP contribution in [0.25, 0.3) is 0 Å². The number of carbonyl (C=O) groups excluding carboxylic acids is 3. The van der Waals surface area contributed by atoms with Crippen molar-refractivity contribution in [3.63, 3.8) is 0 Å². The van der Waals surface area contributed by atoms with Crippen LogP contribution in [0.2, 0.25) is 0 Å². The molecule has 1 aromatic carbocycles. The number of anilines is 1. The van der Waals surface area contributed by atoms with Crippen molar-refractivity contribution in [1.29, 1.82) is 0 Å². The SMILES string of the molecule is Cc1cc(NC(=O)C(C)(C)C)sc1C(=O)NC(C(N)=O)c1ccccc1. The van der Waals surface area contributed by atoms with Crippen molar-refractivity contribution in [3.8, 4) is 0 Å². The first-order valence-electron chi connectivity index (χ1n) is 8.16. The maximum Gasteiger partial charge on any atom is 0.262 e. The van der Waals surface area contributed by atoms with Gasteiger partial charge in [0.25, 0.3) is 5.91 Å². The van der Waals surface area contributed by atoms with E-state index in [-0.39, 0.29) is 5.91 Å². The molecule has 2 rings (SSSR count). The van der Waals surface area contributed by atoms with E-state index in [0.29, 0.717) is 21.0 Å². The molecule has 0 aliphatic heterocycles. The van der Waals surface area contributed by atoms with Crippen LogP contribution in [0, 0.1) is 12.3 Å². The smallest absolute Gasteiger partial charge is 0.262 e. The first kappa shape index (κ1) is 19.7. The third-order valence-electron chi connectivity index (χ3n) is 3.73. The molecule has 0 saturated carbocycles. The molecule has 2 aromatic rings. The summed E-state index contributed by atoms with van der Waals surface area (Å²) in [7, 11) is 0. The summed E-state index contributed by atoms with van der Waals surface area (Å²) in [6, 6.07) is 9.64. The van der Waals surface area contributed by atoms with Gasteiger partial charge < -0.3 is 16.4 Å². The van der Waals surface area contributed by atoms with Gasteiger partial charge in [0.1, 0.15) is 6.04 Å². The fourth-order valence-corrected chi connectivity index (χ4v) is 3.20. The molecule has 1 unspecified atom stereocenters. The Hall–Kier alpha value is -2.67. The Kier molecular flexibility index (Phi) is 5.82. The highest BCUT2D eigenvalue weighted by atomic mass is 32.1. The molecule has 0 aliphatic rings. The average molecular weight is 373 g/mol. The second kappa shape index (κ2) is 7.70. The number of benzene rings is 1. The number of carbonyl (C=O) groups is 3. The summed E-state index contributed by atoms with van der Waals surface area (Å²) >= 11 is 1.16. The van der Waals surface area contributed by atoms with Crippen LogP contribution in [0.4, 0.5) is 5.00 Å². The minimum absolute atomic E-state index is 0.134. The van der Waals surface area contributed by atoms with Crippen LogP contribution in [0.1, 0.15) is 47.6 Å². The maximum absolute atomic E-state index is 12.6. The Bertz CT molecular complexity index is 822. The van der Waals surface area contributed by atoms with Gasteiger partial charge in [-0.15, -0.1) is 11.3 Å². The van der Waals surface area contributed by atoms with Gasteiger partial charge in [-0.05, 0) is 24.1 Å². The van der Waals surface area contributed by atoms with Crippen molar-refractivity contribution < 1.29 is 14.4 Å². The number of primary amides is 1. The third-order valence-corrected chi connectivity index (χ3v) is 4.89. The normalized spacial score (nSPS) is 12.3. The summed E-state index contributed by atoms with van der Waals surface area (Å²) in [5.74, 6) is -1.18. The lowest BCUT2D eigenvalue weighted by Gasteiger charge is -2.16. The molecule has 0 radical (unpaired) electrons. The molecule has 138 valence electrons. The summed E-state index contributed by atoms with van der Waals surface area (Å²) in [5.41, 5.74) is 6.24. The van der Waals surface area contributed by atoms with Crippen LogP contribution in [-0.4, -0.2) is 17.7 Å². The Balaban J connectivity index is 2.19. The fourth-order valence-electron chi connectivity index (χ4n) is 2.23. The van der Waals surface area contributed by atoms with E-state index in [1.807, 2.05) is 26.8 Å². The van der Waals surface area contributed by atoms with E-state index in [2.05, 4.69) is 10.6 Å². The zero-order valence-electron chi connectivity index (χ0n) is 15.3. The molecule has 6 nitrogen and oxygen atoms in total. The Morgan fingerprint density at radius 2 is 1.73 bits per heavy atom. The topological polar surface area (TPSA) is 101 Å². The summed E-state index contributed by atoms with van der Waals surface area (Å²) < 4.78 is 0. The van der Waals surface area contributed by atoms with Crippen LogP contribution in [0.3, 0.4) is 0 Å². The minimum atomic E-state index is -0.919. The highest BCUT2D eigenvalue weighted by Crippen LogP contribution is 2.29. The van der Waals surface area contributed by atoms with Gasteiger partial charge >= 0.3 is 0 Å². The Labute approximate surface area is 156 Å². The number of rotatable bonds is 5. The van der Waals surface area contributed by atoms with Crippen molar-refractivity contribution in [1.82, 2.24) is 5.32 Å². The molecule has 0 aliphatic carbocycles. The zero-order chi connectivity index (χ0) is 19.5. The lowest BCUT2D eigenvalue weighted by molar-refractivity contribution is -0.123. The van der Waals surface area contributed by atoms with Gasteiger partial charge in [0.05, 0.1) is 9.88 Å². The minimum Gasteiger partial charge on any atom is -0.368 e. The number of aryl methyl sites for hydroxylation is 1. The van der Waals surface area contributed by atoms with Crippen LogP contribution in [-0.2, 0) is 9.59 Å². The molecule has 0 spiro atoms. The Morgan fingerprint density at radius 3 is 2.27 bits per heavy atom. The van der Waals surface area contributed by atoms with E-state index in [1.54, 1.807) is 37.3 Å². The summed E-state index contributed by atoms with van der Waals surface area (Å²) in [6.45, 7) is 7.22. The largest absolute Gasteiger partial charge is 0.368 e. The molecule has 0 bridgehead atoms. The zero-order valence-corrected chi connectivity index (χ0v) is 16.1. The highest BCUT2D eigenvalue weighted by molar-refractivity contribution is 7.18. The van der Waals surface area contributed by atoms with Gasteiger partial charge in [0.2, 0.25) is 11.8 Å². The molecular formula is C19H23N3O3S. The van der Waals surface area contributed by atoms with E-state index in [9.17, 15) is 14.4 Å². The van der Waals surface area contributed by atoms with E-state index >= 15 is 0 Å². The van der Waals surface area contributed by atoms with Crippen LogP contribution < -0.4 is 16.4 Å². The molecule has 7 heteroatoms. The Morgan fingerprint density at radius 1 is 1.12 bits per heavy atom. The van der Waals surface area contributed by atoms with Gasteiger partial charge in [0.15, 0.2) is 0 Å². The van der Waals surface area contributed by atoms with Crippen LogP contribution in [0.15, 0.2) is 36.4 Å². The first-order valence-corrected chi connectivity index (χ1v) is 8.98. The second-order valence-electron chi connectivity index (χ2n) is 7.05. The van der Waals surface area contributed by atoms with E-state index in [0.717, 1.165) is 11.3 Å². The maximum atomic E-state index is 12.6. The average Bonchev–Trinajstić information content (AvgIpc) is 2.92. The summed E-state index contributed by atoms with van der Waals surface area (Å²) in [4.78, 5) is 36.9. The molecule has 4 N–H and O–H groups in total. The predicted molar refractivity (Wildman–Crippen MR) is 103 cm³/mol. The van der Waals surface area contributed by atoms with Crippen LogP contribution in [0.5, 0.6) is 0 Å². The number of nitrogens with one attached hydrogen (secondary N) is 2. The van der Waals surface area contributed by atoms with Gasteiger partial charge in [-0.1, -0.05) is 51.1 Å². The van der Waals surface area contributed by atoms with Gasteiger partial charge in [-0.25, -0.2) is 0 Å². The van der Waals surface area contributed by atoms with Crippen LogP contribution >= 0.6 is 11.3 Å². The lowest BCUT2D eigenvalue weighted by Crippen LogP contribution is -2.37. The third kappa shape index (κ3) is 4.70. The summed E-state index contributed by atoms with van der Waals surface area (Å²) in [5, 5.41) is 6.07. The monoisotopic (exact) mass is 373 g/mol. The summed E-state index contributed by atoms with van der Waals surface area (Å²) in [6.07, 6.45) is 0. The molecule has 26 heavy (non-hydrogen) atoms. The number of hydrogen-bond donors (Lipinski definition) is 3. The van der Waals surface area contributed by atoms with Crippen molar-refractivity contribution in [2.45, 2.75) is 33.7 Å². The fraction of sp³-hybridized carbons (Fsp3) is 0.316. The van der Waals surface area contributed by atoms with Crippen molar-refractivity contribution in [2.24, 2.45) is 11.1 Å². The molecule has 1 heterocycles. The molecule has 1 atom stereocenters. The quantitative estimate of drug-likeness (QED) is 0.751. The number of hydrogen-bond acceptors (Lipinski definition) is 4. The molecular weight excluding hydrogens is 350 g/mol. The second-order valence-corrected chi connectivity index (χ2v) is 8.10. The standard InChI is InChI=1S/C19H23N3O3S/c1-11-10-13(21-18(25)19(2,3)4)26-15(11)17(24)22-14(16(20)23)12-8-6-5-7-9-12/h5-10,14H,1-4H3,(H2,20,23)(H,21,25)(H,22,24). The molecule has 3 amide bonds. The van der Waals surface area contributed by atoms with Gasteiger partial charge in [0, 0.05) is 5.41 Å². The number of thiophene rings is 1. The van der Waals surface area contributed by atoms with Gasteiger partial charge in [-0.2, -0.15) is 0 Å². The van der Waals surface area contributed by atoms with Crippen molar-refractivity contribution in [3.05, 3.63) is 52.4 Å². The van der Waals surface area contributed by atoms with Crippen molar-refractivity contribution in [2.75, 3.05) is 5.32 Å². The first-order chi connectivity index (χ1) is 12.1. The van der Waals surface area contributed by atoms with E-state index in [4.69, 9.17) is 5.73 Å². The van der Waals surface area contributed by atoms with Crippen molar-refractivity contribution >= 4 is 34.1 Å². The predicted octanol–water partition coefficient (Wildman–Crippen LogP) is 3.00. The number of amides is 3. The number of nitrogens with two attached hydrogens (primary N) is 1. The van der Waals surface area contributed by atoms with E-state index < -0.39 is 23.3 Å². The van der Waals surface area contributed by atoms with E-state index in [1.165, 1.54) is 0 Å². The molecule has 0 saturated heterocycles. The van der Waals surface area contributed by atoms with Gasteiger partial charge in [-0.3, -0.25) is 14.4 Å².